The number of benzene rings is 1. The number of nitrogens with two attached hydrogens (primary N) is 2. The van der Waals surface area contributed by atoms with Gasteiger partial charge in [0, 0.05) is 17.5 Å². The third kappa shape index (κ3) is 1.48. The molecule has 1 aromatic carbocycles. The Morgan fingerprint density at radius 1 is 1.30 bits per heavy atom. The molecular weight excluding hydrogens is 260 g/mol. The van der Waals surface area contributed by atoms with E-state index in [2.05, 4.69) is 4.98 Å². The van der Waals surface area contributed by atoms with Gasteiger partial charge in [-0.05, 0) is 6.07 Å². The highest BCUT2D eigenvalue weighted by atomic mass is 16.5. The van der Waals surface area contributed by atoms with Gasteiger partial charge in [-0.15, -0.1) is 0 Å². The van der Waals surface area contributed by atoms with Crippen molar-refractivity contribution in [2.45, 2.75) is 6.42 Å². The van der Waals surface area contributed by atoms with Crippen LogP contribution in [0.25, 0.3) is 0 Å². The Morgan fingerprint density at radius 3 is 2.75 bits per heavy atom. The maximum absolute atomic E-state index is 9.79. The Kier molecular flexibility index (Phi) is 2.34. The van der Waals surface area contributed by atoms with Crippen LogP contribution in [0.5, 0.6) is 23.1 Å². The monoisotopic (exact) mass is 270 g/mol. The summed E-state index contributed by atoms with van der Waals surface area (Å²) in [5.74, 6) is -0.439. The van der Waals surface area contributed by atoms with Gasteiger partial charge < -0.3 is 26.4 Å². The molecule has 0 spiro atoms. The van der Waals surface area contributed by atoms with Crippen LogP contribution in [0.3, 0.4) is 0 Å². The van der Waals surface area contributed by atoms with E-state index in [1.165, 1.54) is 6.07 Å². The average Bonchev–Trinajstić information content (AvgIpc) is 2.43. The minimum atomic E-state index is -0.364. The fourth-order valence-corrected chi connectivity index (χ4v) is 2.15. The van der Waals surface area contributed by atoms with Gasteiger partial charge in [-0.2, -0.15) is 10.2 Å². The average molecular weight is 270 g/mol. The Morgan fingerprint density at radius 2 is 2.05 bits per heavy atom. The van der Waals surface area contributed by atoms with E-state index in [-0.39, 0.29) is 40.2 Å². The summed E-state index contributed by atoms with van der Waals surface area (Å²) in [7, 11) is 0. The van der Waals surface area contributed by atoms with Crippen LogP contribution in [0.15, 0.2) is 12.1 Å². The highest BCUT2D eigenvalue weighted by molar-refractivity contribution is 5.73. The number of phenols is 2. The molecule has 1 aromatic heterocycles. The number of nitrogens with zero attached hydrogens (tertiary/aromatic N) is 2. The predicted octanol–water partition coefficient (Wildman–Crippen LogP) is 1.23. The molecule has 0 radical (unpaired) electrons. The van der Waals surface area contributed by atoms with Gasteiger partial charge in [0.1, 0.15) is 17.5 Å². The van der Waals surface area contributed by atoms with E-state index >= 15 is 0 Å². The van der Waals surface area contributed by atoms with Crippen molar-refractivity contribution in [1.29, 1.82) is 5.26 Å². The van der Waals surface area contributed by atoms with Gasteiger partial charge in [0.15, 0.2) is 11.5 Å². The molecule has 7 nitrogen and oxygen atoms in total. The highest BCUT2D eigenvalue weighted by Gasteiger charge is 2.27. The summed E-state index contributed by atoms with van der Waals surface area (Å²) in [4.78, 5) is 3.98. The maximum Gasteiger partial charge on any atom is 0.227 e. The second kappa shape index (κ2) is 3.93. The van der Waals surface area contributed by atoms with Gasteiger partial charge in [-0.25, -0.2) is 0 Å². The van der Waals surface area contributed by atoms with Crippen LogP contribution in [0.4, 0.5) is 11.5 Å². The summed E-state index contributed by atoms with van der Waals surface area (Å²) in [6.45, 7) is 0. The zero-order valence-corrected chi connectivity index (χ0v) is 10.2. The number of nitriles is 1. The SMILES string of the molecule is N#Cc1c(N)nc2c(c1N)Cc1ccc(O)c(O)c1O2. The van der Waals surface area contributed by atoms with E-state index in [4.69, 9.17) is 21.5 Å². The molecule has 6 N–H and O–H groups in total. The second-order valence-electron chi connectivity index (χ2n) is 4.38. The molecule has 0 aliphatic carbocycles. The van der Waals surface area contributed by atoms with E-state index < -0.39 is 0 Å². The smallest absolute Gasteiger partial charge is 0.227 e. The van der Waals surface area contributed by atoms with Crippen molar-refractivity contribution in [2.24, 2.45) is 0 Å². The standard InChI is InChI=1S/C13H10N4O3/c14-4-7-9(15)6-3-5-1-2-8(18)10(19)11(5)20-13(6)17-12(7)16/h1-2,18-19H,3H2,(H4,15,16,17). The number of hydrogen-bond donors (Lipinski definition) is 4. The van der Waals surface area contributed by atoms with Crippen LogP contribution in [0, 0.1) is 11.3 Å². The van der Waals surface area contributed by atoms with E-state index in [0.717, 1.165) is 0 Å². The lowest BCUT2D eigenvalue weighted by atomic mass is 9.98. The molecule has 1 aliphatic rings. The molecule has 2 aromatic rings. The lowest BCUT2D eigenvalue weighted by molar-refractivity contribution is 0.361. The lowest BCUT2D eigenvalue weighted by Crippen LogP contribution is -2.11. The van der Waals surface area contributed by atoms with E-state index in [1.807, 2.05) is 6.07 Å². The summed E-state index contributed by atoms with van der Waals surface area (Å²) in [6, 6.07) is 4.86. The Hall–Kier alpha value is -3.14. The largest absolute Gasteiger partial charge is 0.504 e. The predicted molar refractivity (Wildman–Crippen MR) is 70.4 cm³/mol. The number of nitrogen functional groups attached to an aromatic ring is 2. The van der Waals surface area contributed by atoms with Gasteiger partial charge in [0.05, 0.1) is 5.69 Å². The minimum Gasteiger partial charge on any atom is -0.504 e. The quantitative estimate of drug-likeness (QED) is 0.450. The number of fused-ring (bicyclic) bond motifs is 2. The summed E-state index contributed by atoms with van der Waals surface area (Å²) in [5, 5.41) is 28.3. The molecule has 0 amide bonds. The molecule has 0 saturated heterocycles. The second-order valence-corrected chi connectivity index (χ2v) is 4.38. The van der Waals surface area contributed by atoms with Crippen molar-refractivity contribution in [3.05, 3.63) is 28.8 Å². The zero-order valence-electron chi connectivity index (χ0n) is 10.2. The first kappa shape index (κ1) is 11.9. The molecule has 0 unspecified atom stereocenters. The molecule has 2 heterocycles. The molecule has 1 aliphatic heterocycles. The third-order valence-electron chi connectivity index (χ3n) is 3.20. The summed E-state index contributed by atoms with van der Waals surface area (Å²) >= 11 is 0. The topological polar surface area (TPSA) is 138 Å². The molecule has 0 saturated carbocycles. The van der Waals surface area contributed by atoms with Gasteiger partial charge in [0.2, 0.25) is 11.6 Å². The van der Waals surface area contributed by atoms with Crippen molar-refractivity contribution in [2.75, 3.05) is 11.5 Å². The van der Waals surface area contributed by atoms with Crippen molar-refractivity contribution in [3.63, 3.8) is 0 Å². The number of phenolic OH excluding ortho intramolecular Hbond substituents is 2. The molecule has 100 valence electrons. The van der Waals surface area contributed by atoms with Crippen LogP contribution in [0.2, 0.25) is 0 Å². The van der Waals surface area contributed by atoms with Crippen molar-refractivity contribution in [3.8, 4) is 29.2 Å². The van der Waals surface area contributed by atoms with Gasteiger partial charge in [-0.3, -0.25) is 0 Å². The first-order chi connectivity index (χ1) is 9.52. The number of aromatic hydroxyl groups is 2. The Balaban J connectivity index is 2.21. The fourth-order valence-electron chi connectivity index (χ4n) is 2.15. The van der Waals surface area contributed by atoms with Crippen LogP contribution >= 0.6 is 0 Å². The van der Waals surface area contributed by atoms with E-state index in [1.54, 1.807) is 6.07 Å². The Bertz CT molecular complexity index is 780. The molecule has 20 heavy (non-hydrogen) atoms. The van der Waals surface area contributed by atoms with Gasteiger partial charge in [0.25, 0.3) is 0 Å². The zero-order chi connectivity index (χ0) is 14.4. The van der Waals surface area contributed by atoms with Crippen molar-refractivity contribution >= 4 is 11.5 Å². The number of rotatable bonds is 0. The molecule has 0 fully saturated rings. The first-order valence-corrected chi connectivity index (χ1v) is 5.72. The summed E-state index contributed by atoms with van der Waals surface area (Å²) < 4.78 is 5.46. The number of aromatic nitrogens is 1. The van der Waals surface area contributed by atoms with E-state index in [9.17, 15) is 10.2 Å². The maximum atomic E-state index is 9.79. The van der Waals surface area contributed by atoms with Crippen molar-refractivity contribution < 1.29 is 14.9 Å². The highest BCUT2D eigenvalue weighted by Crippen LogP contribution is 2.47. The molecule has 0 bridgehead atoms. The van der Waals surface area contributed by atoms with Gasteiger partial charge >= 0.3 is 0 Å². The van der Waals surface area contributed by atoms with Crippen LogP contribution in [-0.4, -0.2) is 15.2 Å². The lowest BCUT2D eigenvalue weighted by Gasteiger charge is -2.22. The third-order valence-corrected chi connectivity index (χ3v) is 3.20. The Labute approximate surface area is 113 Å². The van der Waals surface area contributed by atoms with Crippen LogP contribution in [0.1, 0.15) is 16.7 Å². The molecular formula is C13H10N4O3. The minimum absolute atomic E-state index is 0.0353. The number of ether oxygens (including phenoxy) is 1. The van der Waals surface area contributed by atoms with Crippen LogP contribution < -0.4 is 16.2 Å². The molecule has 0 atom stereocenters. The molecule has 3 rings (SSSR count). The first-order valence-electron chi connectivity index (χ1n) is 5.72. The van der Waals surface area contributed by atoms with E-state index in [0.29, 0.717) is 17.5 Å². The molecule has 7 heteroatoms. The number of pyridine rings is 1. The number of anilines is 2. The van der Waals surface area contributed by atoms with Crippen molar-refractivity contribution in [1.82, 2.24) is 4.98 Å². The van der Waals surface area contributed by atoms with Gasteiger partial charge in [-0.1, -0.05) is 6.07 Å². The summed E-state index contributed by atoms with van der Waals surface area (Å²) in [6.07, 6.45) is 0.326. The fraction of sp³-hybridized carbons (Fsp3) is 0.0769. The normalized spacial score (nSPS) is 11.9. The number of hydrogen-bond acceptors (Lipinski definition) is 7. The van der Waals surface area contributed by atoms with Crippen LogP contribution in [-0.2, 0) is 6.42 Å². The summed E-state index contributed by atoms with van der Waals surface area (Å²) in [5.41, 5.74) is 13.0.